The first-order valence-electron chi connectivity index (χ1n) is 10.7. The van der Waals surface area contributed by atoms with Crippen molar-refractivity contribution in [3.63, 3.8) is 0 Å². The molecule has 2 heterocycles. The van der Waals surface area contributed by atoms with Crippen molar-refractivity contribution in [1.29, 1.82) is 0 Å². The van der Waals surface area contributed by atoms with Gasteiger partial charge in [-0.1, -0.05) is 42.2 Å². The Morgan fingerprint density at radius 2 is 1.97 bits per heavy atom. The van der Waals surface area contributed by atoms with Crippen LogP contribution in [0, 0.1) is 11.8 Å². The lowest BCUT2D eigenvalue weighted by Gasteiger charge is -2.23. The van der Waals surface area contributed by atoms with E-state index in [1.807, 2.05) is 30.0 Å². The van der Waals surface area contributed by atoms with Crippen molar-refractivity contribution in [2.75, 3.05) is 40.3 Å². The number of thioether (sulfide) groups is 1. The number of morpholine rings is 1. The van der Waals surface area contributed by atoms with Crippen LogP contribution in [0.3, 0.4) is 0 Å². The SMILES string of the molecule is CN(C)CCC(Oc1ccc(C#CCCN2CCOC3SC32)cc1)c1ccccc1. The molecule has 5 heteroatoms. The van der Waals surface area contributed by atoms with E-state index in [1.165, 1.54) is 5.56 Å². The highest BCUT2D eigenvalue weighted by molar-refractivity contribution is 8.07. The highest BCUT2D eigenvalue weighted by Crippen LogP contribution is 2.46. The highest BCUT2D eigenvalue weighted by atomic mass is 32.2. The van der Waals surface area contributed by atoms with E-state index in [2.05, 4.69) is 72.1 Å². The first kappa shape index (κ1) is 21.3. The predicted molar refractivity (Wildman–Crippen MR) is 124 cm³/mol. The summed E-state index contributed by atoms with van der Waals surface area (Å²) in [5, 5.41) is 0.571. The maximum Gasteiger partial charge on any atom is 0.129 e. The molecule has 2 aliphatic rings. The molecule has 4 nitrogen and oxygen atoms in total. The topological polar surface area (TPSA) is 24.9 Å². The van der Waals surface area contributed by atoms with Crippen molar-refractivity contribution in [3.8, 4) is 17.6 Å². The van der Waals surface area contributed by atoms with Gasteiger partial charge >= 0.3 is 0 Å². The molecule has 2 fully saturated rings. The van der Waals surface area contributed by atoms with Crippen LogP contribution in [0.25, 0.3) is 0 Å². The lowest BCUT2D eigenvalue weighted by atomic mass is 10.1. The first-order chi connectivity index (χ1) is 14.7. The first-order valence-corrected chi connectivity index (χ1v) is 11.6. The van der Waals surface area contributed by atoms with Gasteiger partial charge in [0.2, 0.25) is 0 Å². The van der Waals surface area contributed by atoms with Crippen molar-refractivity contribution in [2.45, 2.75) is 29.8 Å². The molecule has 3 unspecified atom stereocenters. The van der Waals surface area contributed by atoms with Crippen LogP contribution < -0.4 is 4.74 Å². The molecule has 4 rings (SSSR count). The van der Waals surface area contributed by atoms with E-state index in [9.17, 15) is 0 Å². The Morgan fingerprint density at radius 3 is 2.73 bits per heavy atom. The quantitative estimate of drug-likeness (QED) is 0.468. The molecule has 0 aromatic heterocycles. The Balaban J connectivity index is 1.30. The second-order valence-electron chi connectivity index (χ2n) is 7.99. The van der Waals surface area contributed by atoms with Crippen LogP contribution in [-0.2, 0) is 4.74 Å². The fourth-order valence-electron chi connectivity index (χ4n) is 3.61. The number of benzene rings is 2. The second-order valence-corrected chi connectivity index (χ2v) is 9.21. The zero-order valence-electron chi connectivity index (χ0n) is 17.8. The van der Waals surface area contributed by atoms with Gasteiger partial charge in [-0.25, -0.2) is 0 Å². The molecule has 0 N–H and O–H groups in total. The van der Waals surface area contributed by atoms with Gasteiger partial charge in [0.05, 0.1) is 12.0 Å². The highest BCUT2D eigenvalue weighted by Gasteiger charge is 2.46. The molecule has 2 aromatic carbocycles. The Morgan fingerprint density at radius 1 is 1.17 bits per heavy atom. The minimum absolute atomic E-state index is 0.0446. The molecule has 158 valence electrons. The summed E-state index contributed by atoms with van der Waals surface area (Å²) < 4.78 is 12.0. The van der Waals surface area contributed by atoms with Crippen LogP contribution in [0.5, 0.6) is 5.75 Å². The van der Waals surface area contributed by atoms with Crippen molar-refractivity contribution >= 4 is 11.8 Å². The van der Waals surface area contributed by atoms with Crippen molar-refractivity contribution in [3.05, 3.63) is 65.7 Å². The molecule has 0 bridgehead atoms. The fraction of sp³-hybridized carbons (Fsp3) is 0.440. The monoisotopic (exact) mass is 422 g/mol. The maximum atomic E-state index is 6.33. The Kier molecular flexibility index (Phi) is 7.35. The van der Waals surface area contributed by atoms with Gasteiger partial charge in [-0.15, -0.1) is 11.8 Å². The standard InChI is InChI=1S/C25H30N2O2S/c1-26(2)17-15-23(21-9-4-3-5-10-21)29-22-13-11-20(12-14-22)8-6-7-16-27-18-19-28-25-24(27)30-25/h3-5,9-14,23-25H,7,15-19H2,1-2H3. The normalized spacial score (nSPS) is 21.4. The van der Waals surface area contributed by atoms with E-state index in [0.717, 1.165) is 50.4 Å². The van der Waals surface area contributed by atoms with Crippen LogP contribution in [0.15, 0.2) is 54.6 Å². The summed E-state index contributed by atoms with van der Waals surface area (Å²) in [6.07, 6.45) is 1.88. The van der Waals surface area contributed by atoms with E-state index in [-0.39, 0.29) is 6.10 Å². The average Bonchev–Trinajstić information content (AvgIpc) is 3.56. The van der Waals surface area contributed by atoms with Crippen LogP contribution in [0.4, 0.5) is 0 Å². The minimum atomic E-state index is 0.0446. The summed E-state index contributed by atoms with van der Waals surface area (Å²) in [4.78, 5) is 4.68. The third-order valence-electron chi connectivity index (χ3n) is 5.35. The van der Waals surface area contributed by atoms with Crippen molar-refractivity contribution < 1.29 is 9.47 Å². The van der Waals surface area contributed by atoms with Crippen LogP contribution in [0.1, 0.15) is 30.1 Å². The molecular weight excluding hydrogens is 392 g/mol. The van der Waals surface area contributed by atoms with Gasteiger partial charge in [0.15, 0.2) is 0 Å². The summed E-state index contributed by atoms with van der Waals surface area (Å²) in [5.74, 6) is 7.49. The maximum absolute atomic E-state index is 6.33. The van der Waals surface area contributed by atoms with Crippen LogP contribution in [0.2, 0.25) is 0 Å². The summed E-state index contributed by atoms with van der Waals surface area (Å²) in [5.41, 5.74) is 2.66. The second kappa shape index (κ2) is 10.4. The third-order valence-corrected chi connectivity index (χ3v) is 6.52. The summed E-state index contributed by atoms with van der Waals surface area (Å²) >= 11 is 1.91. The molecule has 3 atom stereocenters. The summed E-state index contributed by atoms with van der Waals surface area (Å²) in [6.45, 7) is 3.88. The van der Waals surface area contributed by atoms with E-state index in [1.54, 1.807) is 0 Å². The predicted octanol–water partition coefficient (Wildman–Crippen LogP) is 4.23. The van der Waals surface area contributed by atoms with E-state index in [0.29, 0.717) is 10.8 Å². The molecule has 0 radical (unpaired) electrons. The van der Waals surface area contributed by atoms with Gasteiger partial charge in [0.1, 0.15) is 17.3 Å². The average molecular weight is 423 g/mol. The van der Waals surface area contributed by atoms with Gasteiger partial charge < -0.3 is 14.4 Å². The molecule has 30 heavy (non-hydrogen) atoms. The van der Waals surface area contributed by atoms with Gasteiger partial charge in [0, 0.05) is 38.0 Å². The number of ether oxygens (including phenoxy) is 2. The lowest BCUT2D eigenvalue weighted by Crippen LogP contribution is -2.37. The largest absolute Gasteiger partial charge is 0.486 e. The van der Waals surface area contributed by atoms with Gasteiger partial charge in [-0.2, -0.15) is 0 Å². The molecule has 0 saturated carbocycles. The fourth-order valence-corrected chi connectivity index (χ4v) is 4.60. The molecule has 2 aromatic rings. The van der Waals surface area contributed by atoms with Gasteiger partial charge in [-0.3, -0.25) is 4.90 Å². The summed E-state index contributed by atoms with van der Waals surface area (Å²) in [7, 11) is 4.19. The smallest absolute Gasteiger partial charge is 0.129 e. The molecule has 0 aliphatic carbocycles. The van der Waals surface area contributed by atoms with E-state index < -0.39 is 0 Å². The molecule has 2 aliphatic heterocycles. The number of hydrogen-bond acceptors (Lipinski definition) is 5. The number of nitrogens with zero attached hydrogens (tertiary/aromatic N) is 2. The molecular formula is C25H30N2O2S. The molecule has 0 amide bonds. The molecule has 2 saturated heterocycles. The number of fused-ring (bicyclic) bond motifs is 1. The van der Waals surface area contributed by atoms with Gasteiger partial charge in [-0.05, 0) is 43.9 Å². The van der Waals surface area contributed by atoms with Crippen LogP contribution in [-0.4, -0.2) is 60.9 Å². The zero-order valence-corrected chi connectivity index (χ0v) is 18.6. The Hall–Kier alpha value is -1.97. The van der Waals surface area contributed by atoms with E-state index in [4.69, 9.17) is 9.47 Å². The number of hydrogen-bond donors (Lipinski definition) is 0. The van der Waals surface area contributed by atoms with Crippen LogP contribution >= 0.6 is 11.8 Å². The summed E-state index contributed by atoms with van der Waals surface area (Å²) in [6, 6.07) is 18.6. The third kappa shape index (κ3) is 6.02. The lowest BCUT2D eigenvalue weighted by molar-refractivity contribution is 0.0341. The Labute approximate surface area is 184 Å². The van der Waals surface area contributed by atoms with E-state index >= 15 is 0 Å². The zero-order chi connectivity index (χ0) is 20.8. The van der Waals surface area contributed by atoms with Crippen molar-refractivity contribution in [1.82, 2.24) is 9.80 Å². The number of rotatable bonds is 8. The van der Waals surface area contributed by atoms with Gasteiger partial charge in [0.25, 0.3) is 0 Å². The Bertz CT molecular complexity index is 860. The van der Waals surface area contributed by atoms with Crippen molar-refractivity contribution in [2.24, 2.45) is 0 Å². The minimum Gasteiger partial charge on any atom is -0.486 e. The molecule has 0 spiro atoms.